The zero-order valence-electron chi connectivity index (χ0n) is 10.1. The third kappa shape index (κ3) is 3.21. The Kier molecular flexibility index (Phi) is 4.36. The van der Waals surface area contributed by atoms with Gasteiger partial charge in [0.1, 0.15) is 0 Å². The first-order valence-corrected chi connectivity index (χ1v) is 6.42. The van der Waals surface area contributed by atoms with Crippen LogP contribution >= 0.6 is 15.9 Å². The van der Waals surface area contributed by atoms with Crippen molar-refractivity contribution in [2.24, 2.45) is 5.41 Å². The number of carboxylic acid groups (broad SMARTS) is 1. The lowest BCUT2D eigenvalue weighted by Gasteiger charge is -2.23. The number of aliphatic carboxylic acids is 1. The fraction of sp³-hybridized carbons (Fsp3) is 0.615. The number of halogens is 1. The van der Waals surface area contributed by atoms with E-state index in [1.165, 1.54) is 11.1 Å². The van der Waals surface area contributed by atoms with Crippen LogP contribution in [0.4, 0.5) is 0 Å². The maximum absolute atomic E-state index is 11.1. The van der Waals surface area contributed by atoms with Crippen LogP contribution in [0.5, 0.6) is 0 Å². The normalized spacial score (nSPS) is 20.4. The minimum absolute atomic E-state index is 0.612. The Morgan fingerprint density at radius 2 is 2.19 bits per heavy atom. The van der Waals surface area contributed by atoms with Crippen LogP contribution in [0, 0.1) is 5.41 Å². The zero-order chi connectivity index (χ0) is 12.3. The molecule has 90 valence electrons. The predicted molar refractivity (Wildman–Crippen MR) is 69.6 cm³/mol. The minimum atomic E-state index is -0.733. The van der Waals surface area contributed by atoms with Crippen molar-refractivity contribution in [1.82, 2.24) is 0 Å². The Balaban J connectivity index is 2.89. The summed E-state index contributed by atoms with van der Waals surface area (Å²) in [5.41, 5.74) is 1.80. The highest BCUT2D eigenvalue weighted by molar-refractivity contribution is 9.12. The Hall–Kier alpha value is -0.570. The van der Waals surface area contributed by atoms with Gasteiger partial charge in [0, 0.05) is 4.48 Å². The van der Waals surface area contributed by atoms with Crippen molar-refractivity contribution in [2.75, 3.05) is 0 Å². The summed E-state index contributed by atoms with van der Waals surface area (Å²) in [6.07, 6.45) is 6.12. The van der Waals surface area contributed by atoms with Crippen molar-refractivity contribution in [3.05, 3.63) is 21.7 Å². The second-order valence-electron chi connectivity index (χ2n) is 5.07. The van der Waals surface area contributed by atoms with Crippen LogP contribution in [0.2, 0.25) is 0 Å². The summed E-state index contributed by atoms with van der Waals surface area (Å²) in [5.74, 6) is -0.733. The molecule has 0 fully saturated rings. The van der Waals surface area contributed by atoms with Crippen LogP contribution in [0.1, 0.15) is 46.5 Å². The molecule has 1 aliphatic rings. The average molecular weight is 287 g/mol. The summed E-state index contributed by atoms with van der Waals surface area (Å²) in [7, 11) is 0. The fourth-order valence-electron chi connectivity index (χ4n) is 2.01. The second kappa shape index (κ2) is 5.17. The smallest absolute Gasteiger partial charge is 0.309 e. The SMILES string of the molecule is C/C(CC(C)(C)C(=O)O)=C1/CCCC=C1Br. The molecule has 0 spiro atoms. The summed E-state index contributed by atoms with van der Waals surface area (Å²) in [6.45, 7) is 5.60. The number of carbonyl (C=O) groups is 1. The molecule has 0 saturated heterocycles. The fourth-order valence-corrected chi connectivity index (χ4v) is 2.78. The standard InChI is InChI=1S/C13H19BrO2/c1-9(8-13(2,3)12(15)16)10-6-4-5-7-11(10)14/h7H,4-6,8H2,1-3H3,(H,15,16)/b10-9+. The molecular formula is C13H19BrO2. The topological polar surface area (TPSA) is 37.3 Å². The van der Waals surface area contributed by atoms with Crippen molar-refractivity contribution < 1.29 is 9.90 Å². The van der Waals surface area contributed by atoms with E-state index in [4.69, 9.17) is 5.11 Å². The molecule has 1 aliphatic carbocycles. The molecule has 0 aromatic heterocycles. The first kappa shape index (κ1) is 13.5. The van der Waals surface area contributed by atoms with E-state index in [-0.39, 0.29) is 0 Å². The van der Waals surface area contributed by atoms with Gasteiger partial charge in [0.25, 0.3) is 0 Å². The van der Waals surface area contributed by atoms with Gasteiger partial charge in [-0.2, -0.15) is 0 Å². The van der Waals surface area contributed by atoms with E-state index in [0.717, 1.165) is 23.7 Å². The molecule has 0 atom stereocenters. The van der Waals surface area contributed by atoms with E-state index in [1.807, 2.05) is 6.92 Å². The van der Waals surface area contributed by atoms with Crippen LogP contribution in [0.15, 0.2) is 21.7 Å². The van der Waals surface area contributed by atoms with Crippen LogP contribution in [-0.4, -0.2) is 11.1 Å². The number of rotatable bonds is 3. The van der Waals surface area contributed by atoms with E-state index in [9.17, 15) is 4.79 Å². The summed E-state index contributed by atoms with van der Waals surface area (Å²) >= 11 is 3.56. The molecule has 0 aromatic carbocycles. The highest BCUT2D eigenvalue weighted by atomic mass is 79.9. The second-order valence-corrected chi connectivity index (χ2v) is 5.92. The molecule has 2 nitrogen and oxygen atoms in total. The van der Waals surface area contributed by atoms with Gasteiger partial charge < -0.3 is 5.11 Å². The summed E-state index contributed by atoms with van der Waals surface area (Å²) < 4.78 is 1.15. The Morgan fingerprint density at radius 1 is 1.56 bits per heavy atom. The number of allylic oxidation sites excluding steroid dienone is 4. The molecule has 16 heavy (non-hydrogen) atoms. The third-order valence-electron chi connectivity index (χ3n) is 3.04. The van der Waals surface area contributed by atoms with E-state index in [0.29, 0.717) is 6.42 Å². The van der Waals surface area contributed by atoms with Crippen molar-refractivity contribution in [3.63, 3.8) is 0 Å². The summed E-state index contributed by atoms with van der Waals surface area (Å²) in [5, 5.41) is 9.11. The number of hydrogen-bond donors (Lipinski definition) is 1. The molecule has 1 N–H and O–H groups in total. The van der Waals surface area contributed by atoms with Gasteiger partial charge in [-0.1, -0.05) is 27.6 Å². The maximum Gasteiger partial charge on any atom is 0.309 e. The minimum Gasteiger partial charge on any atom is -0.481 e. The largest absolute Gasteiger partial charge is 0.481 e. The number of carboxylic acids is 1. The lowest BCUT2D eigenvalue weighted by molar-refractivity contribution is -0.146. The van der Waals surface area contributed by atoms with Crippen LogP contribution < -0.4 is 0 Å². The molecule has 3 heteroatoms. The van der Waals surface area contributed by atoms with Gasteiger partial charge in [0.05, 0.1) is 5.41 Å². The summed E-state index contributed by atoms with van der Waals surface area (Å²) in [4.78, 5) is 11.1. The van der Waals surface area contributed by atoms with Gasteiger partial charge in [-0.3, -0.25) is 4.79 Å². The predicted octanol–water partition coefficient (Wildman–Crippen LogP) is 4.27. The Morgan fingerprint density at radius 3 is 2.69 bits per heavy atom. The van der Waals surface area contributed by atoms with Crippen molar-refractivity contribution >= 4 is 21.9 Å². The first-order chi connectivity index (χ1) is 7.34. The third-order valence-corrected chi connectivity index (χ3v) is 3.85. The average Bonchev–Trinajstić information content (AvgIpc) is 2.17. The van der Waals surface area contributed by atoms with E-state index < -0.39 is 11.4 Å². The Bertz CT molecular complexity index is 351. The molecule has 0 saturated carbocycles. The van der Waals surface area contributed by atoms with E-state index in [2.05, 4.69) is 22.0 Å². The van der Waals surface area contributed by atoms with Gasteiger partial charge in [-0.05, 0) is 52.0 Å². The van der Waals surface area contributed by atoms with E-state index >= 15 is 0 Å². The van der Waals surface area contributed by atoms with Gasteiger partial charge in [-0.15, -0.1) is 0 Å². The maximum atomic E-state index is 11.1. The molecule has 0 aliphatic heterocycles. The molecule has 1 rings (SSSR count). The molecule has 0 aromatic rings. The zero-order valence-corrected chi connectivity index (χ0v) is 11.7. The van der Waals surface area contributed by atoms with Crippen molar-refractivity contribution in [2.45, 2.75) is 46.5 Å². The molecule has 0 radical (unpaired) electrons. The van der Waals surface area contributed by atoms with Gasteiger partial charge >= 0.3 is 5.97 Å². The van der Waals surface area contributed by atoms with Crippen LogP contribution in [0.3, 0.4) is 0 Å². The lowest BCUT2D eigenvalue weighted by atomic mass is 9.83. The monoisotopic (exact) mass is 286 g/mol. The molecule has 0 unspecified atom stereocenters. The van der Waals surface area contributed by atoms with E-state index in [1.54, 1.807) is 13.8 Å². The van der Waals surface area contributed by atoms with Crippen LogP contribution in [0.25, 0.3) is 0 Å². The molecule has 0 amide bonds. The lowest BCUT2D eigenvalue weighted by Crippen LogP contribution is -2.24. The molecule has 0 heterocycles. The Labute approximate surface area is 106 Å². The van der Waals surface area contributed by atoms with Gasteiger partial charge in [0.2, 0.25) is 0 Å². The van der Waals surface area contributed by atoms with Crippen LogP contribution in [-0.2, 0) is 4.79 Å². The highest BCUT2D eigenvalue weighted by Crippen LogP contribution is 2.35. The van der Waals surface area contributed by atoms with Gasteiger partial charge in [0.15, 0.2) is 0 Å². The summed E-state index contributed by atoms with van der Waals surface area (Å²) in [6, 6.07) is 0. The van der Waals surface area contributed by atoms with Crippen molar-refractivity contribution in [3.8, 4) is 0 Å². The first-order valence-electron chi connectivity index (χ1n) is 5.62. The quantitative estimate of drug-likeness (QED) is 0.841. The number of hydrogen-bond acceptors (Lipinski definition) is 1. The van der Waals surface area contributed by atoms with Gasteiger partial charge in [-0.25, -0.2) is 0 Å². The highest BCUT2D eigenvalue weighted by Gasteiger charge is 2.28. The van der Waals surface area contributed by atoms with Crippen molar-refractivity contribution in [1.29, 1.82) is 0 Å². The molecule has 0 bridgehead atoms. The molecular weight excluding hydrogens is 268 g/mol.